The van der Waals surface area contributed by atoms with E-state index in [1.807, 2.05) is 24.3 Å². The van der Waals surface area contributed by atoms with Crippen molar-refractivity contribution in [2.45, 2.75) is 38.7 Å². The molecule has 3 aromatic rings. The lowest BCUT2D eigenvalue weighted by atomic mass is 9.99. The van der Waals surface area contributed by atoms with Crippen LogP contribution >= 0.6 is 0 Å². The molecule has 1 unspecified atom stereocenters. The summed E-state index contributed by atoms with van der Waals surface area (Å²) in [5, 5.41) is 2.70. The van der Waals surface area contributed by atoms with Crippen LogP contribution in [0.25, 0.3) is 0 Å². The van der Waals surface area contributed by atoms with Gasteiger partial charge in [-0.2, -0.15) is 13.2 Å². The Morgan fingerprint density at radius 1 is 1.11 bits per heavy atom. The van der Waals surface area contributed by atoms with Crippen LogP contribution in [0.15, 0.2) is 54.6 Å². The molecule has 0 saturated heterocycles. The first-order valence-electron chi connectivity index (χ1n) is 11.3. The fourth-order valence-corrected chi connectivity index (χ4v) is 4.50. The fraction of sp³-hybridized carbons (Fsp3) is 0.280. The highest BCUT2D eigenvalue weighted by atomic mass is 32.2. The van der Waals surface area contributed by atoms with Crippen molar-refractivity contribution >= 4 is 28.3 Å². The van der Waals surface area contributed by atoms with Gasteiger partial charge < -0.3 is 10.2 Å². The number of halogens is 4. The minimum Gasteiger partial charge on any atom is -0.351 e. The number of fused-ring (bicyclic) bond motifs is 1. The van der Waals surface area contributed by atoms with Crippen molar-refractivity contribution in [3.05, 3.63) is 88.4 Å². The molecule has 0 fully saturated rings. The number of pyridine rings is 1. The number of benzene rings is 2. The molecule has 1 aromatic heterocycles. The van der Waals surface area contributed by atoms with Gasteiger partial charge in [-0.25, -0.2) is 17.8 Å². The third-order valence-corrected chi connectivity index (χ3v) is 7.00. The van der Waals surface area contributed by atoms with Crippen LogP contribution in [-0.4, -0.2) is 26.4 Å². The highest BCUT2D eigenvalue weighted by Crippen LogP contribution is 2.34. The van der Waals surface area contributed by atoms with Gasteiger partial charge in [-0.1, -0.05) is 36.4 Å². The summed E-state index contributed by atoms with van der Waals surface area (Å²) in [6, 6.07) is 13.5. The molecule has 2 heterocycles. The van der Waals surface area contributed by atoms with Crippen LogP contribution in [-0.2, 0) is 41.5 Å². The van der Waals surface area contributed by atoms with Gasteiger partial charge >= 0.3 is 6.18 Å². The number of amides is 1. The zero-order valence-electron chi connectivity index (χ0n) is 19.9. The molecule has 0 saturated carbocycles. The van der Waals surface area contributed by atoms with Gasteiger partial charge in [0.1, 0.15) is 17.3 Å². The monoisotopic (exact) mass is 536 g/mol. The van der Waals surface area contributed by atoms with Crippen molar-refractivity contribution in [3.8, 4) is 0 Å². The number of rotatable bonds is 7. The van der Waals surface area contributed by atoms with Crippen LogP contribution < -0.4 is 14.5 Å². The summed E-state index contributed by atoms with van der Waals surface area (Å²) >= 11 is 0. The maximum absolute atomic E-state index is 14.5. The van der Waals surface area contributed by atoms with Crippen molar-refractivity contribution in [1.82, 2.24) is 10.3 Å². The Labute approximate surface area is 212 Å². The predicted molar refractivity (Wildman–Crippen MR) is 131 cm³/mol. The number of hydrogen-bond acceptors (Lipinski definition) is 5. The Bertz CT molecular complexity index is 1380. The summed E-state index contributed by atoms with van der Waals surface area (Å²) < 4.78 is 77.6. The van der Waals surface area contributed by atoms with Gasteiger partial charge in [0.2, 0.25) is 16.8 Å². The number of alkyl halides is 3. The molecule has 1 amide bonds. The summed E-state index contributed by atoms with van der Waals surface area (Å²) in [7, 11) is -1.82. The van der Waals surface area contributed by atoms with Crippen molar-refractivity contribution < 1.29 is 30.8 Å². The zero-order valence-corrected chi connectivity index (χ0v) is 20.8. The first-order valence-corrected chi connectivity index (χ1v) is 12.4. The van der Waals surface area contributed by atoms with E-state index in [4.69, 9.17) is 0 Å². The molecule has 1 N–H and O–H groups in total. The number of hydrogen-bond donors (Lipinski definition) is 2. The van der Waals surface area contributed by atoms with E-state index in [-0.39, 0.29) is 18.1 Å². The Morgan fingerprint density at radius 3 is 2.32 bits per heavy atom. The molecular formula is C25H24F4N4O3S. The summed E-state index contributed by atoms with van der Waals surface area (Å²) in [4.78, 5) is 18.5. The standard InChI is InChI=1S/C25H24F4N4O3S/c1-15(16-7-9-21(20(26)11-16)32(2)37(35)36)24(34)30-12-17-8-10-22(25(27,28)29)31-23(17)33-13-18-5-3-4-6-19(18)14-33/h3-11,15,37H,12-14H2,1-2H3,(H,30,34). The molecule has 0 spiro atoms. The predicted octanol–water partition coefficient (Wildman–Crippen LogP) is 4.14. The summed E-state index contributed by atoms with van der Waals surface area (Å²) in [5.74, 6) is -1.96. The molecule has 2 aromatic carbocycles. The molecule has 0 radical (unpaired) electrons. The third-order valence-electron chi connectivity index (χ3n) is 6.30. The molecule has 196 valence electrons. The zero-order chi connectivity index (χ0) is 26.9. The number of nitrogens with one attached hydrogen (secondary N) is 1. The lowest BCUT2D eigenvalue weighted by molar-refractivity contribution is -0.141. The molecule has 1 aliphatic heterocycles. The van der Waals surface area contributed by atoms with Crippen LogP contribution in [0.1, 0.15) is 40.8 Å². The first-order chi connectivity index (χ1) is 17.5. The molecular weight excluding hydrogens is 512 g/mol. The van der Waals surface area contributed by atoms with Crippen LogP contribution in [0.4, 0.5) is 29.1 Å². The Kier molecular flexibility index (Phi) is 7.39. The Hall–Kier alpha value is -3.67. The summed E-state index contributed by atoms with van der Waals surface area (Å²) in [5.41, 5.74) is 1.52. The van der Waals surface area contributed by atoms with E-state index < -0.39 is 40.4 Å². The molecule has 12 heteroatoms. The third kappa shape index (κ3) is 5.68. The smallest absolute Gasteiger partial charge is 0.351 e. The Morgan fingerprint density at radius 2 is 1.76 bits per heavy atom. The van der Waals surface area contributed by atoms with Crippen molar-refractivity contribution in [1.29, 1.82) is 0 Å². The summed E-state index contributed by atoms with van der Waals surface area (Å²) in [6.45, 7) is 2.23. The molecule has 0 aliphatic carbocycles. The van der Waals surface area contributed by atoms with Gasteiger partial charge in [0.05, 0.1) is 11.6 Å². The quantitative estimate of drug-likeness (QED) is 0.351. The van der Waals surface area contributed by atoms with Crippen LogP contribution in [0.2, 0.25) is 0 Å². The molecule has 0 bridgehead atoms. The molecule has 1 aliphatic rings. The number of nitrogens with zero attached hydrogens (tertiary/aromatic N) is 3. The second-order valence-electron chi connectivity index (χ2n) is 8.71. The van der Waals surface area contributed by atoms with E-state index in [1.54, 1.807) is 11.8 Å². The second-order valence-corrected chi connectivity index (χ2v) is 9.79. The SMILES string of the molecule is CC(C(=O)NCc1ccc(C(F)(F)F)nc1N1Cc2ccccc2C1)c1ccc(N(C)[SH](=O)=O)c(F)c1. The van der Waals surface area contributed by atoms with Gasteiger partial charge in [-0.15, -0.1) is 0 Å². The van der Waals surface area contributed by atoms with Crippen LogP contribution in [0.5, 0.6) is 0 Å². The largest absolute Gasteiger partial charge is 0.433 e. The minimum atomic E-state index is -4.62. The fourth-order valence-electron chi connectivity index (χ4n) is 4.16. The van der Waals surface area contributed by atoms with Crippen molar-refractivity contribution in [2.24, 2.45) is 0 Å². The van der Waals surface area contributed by atoms with Gasteiger partial charge in [-0.05, 0) is 41.8 Å². The van der Waals surface area contributed by atoms with Gasteiger partial charge in [0, 0.05) is 32.2 Å². The van der Waals surface area contributed by atoms with Gasteiger partial charge in [0.25, 0.3) is 0 Å². The number of aromatic nitrogens is 1. The molecule has 37 heavy (non-hydrogen) atoms. The van der Waals surface area contributed by atoms with Crippen molar-refractivity contribution in [3.63, 3.8) is 0 Å². The number of anilines is 2. The van der Waals surface area contributed by atoms with Gasteiger partial charge in [-0.3, -0.25) is 9.10 Å². The highest BCUT2D eigenvalue weighted by Gasteiger charge is 2.34. The number of thiol groups is 1. The van der Waals surface area contributed by atoms with Crippen LogP contribution in [0, 0.1) is 5.82 Å². The first kappa shape index (κ1) is 26.4. The Balaban J connectivity index is 1.53. The maximum atomic E-state index is 14.5. The van der Waals surface area contributed by atoms with E-state index in [1.165, 1.54) is 25.2 Å². The van der Waals surface area contributed by atoms with E-state index in [0.717, 1.165) is 27.6 Å². The lowest BCUT2D eigenvalue weighted by Crippen LogP contribution is -2.29. The molecule has 4 rings (SSSR count). The van der Waals surface area contributed by atoms with Crippen molar-refractivity contribution in [2.75, 3.05) is 16.3 Å². The van der Waals surface area contributed by atoms with E-state index >= 15 is 0 Å². The topological polar surface area (TPSA) is 82.6 Å². The molecule has 1 atom stereocenters. The number of carbonyl (C=O) groups is 1. The number of carbonyl (C=O) groups excluding carboxylic acids is 1. The normalized spacial score (nSPS) is 14.0. The summed E-state index contributed by atoms with van der Waals surface area (Å²) in [6.07, 6.45) is -4.62. The maximum Gasteiger partial charge on any atom is 0.433 e. The van der Waals surface area contributed by atoms with E-state index in [9.17, 15) is 30.8 Å². The minimum absolute atomic E-state index is 0.0869. The lowest BCUT2D eigenvalue weighted by Gasteiger charge is -2.22. The average molecular weight is 537 g/mol. The second kappa shape index (κ2) is 10.4. The highest BCUT2D eigenvalue weighted by molar-refractivity contribution is 7.74. The van der Waals surface area contributed by atoms with E-state index in [2.05, 4.69) is 10.3 Å². The van der Waals surface area contributed by atoms with Crippen LogP contribution in [0.3, 0.4) is 0 Å². The molecule has 7 nitrogen and oxygen atoms in total. The van der Waals surface area contributed by atoms with Gasteiger partial charge in [0.15, 0.2) is 0 Å². The van der Waals surface area contributed by atoms with E-state index in [0.29, 0.717) is 24.2 Å². The average Bonchev–Trinajstić information content (AvgIpc) is 3.29.